The van der Waals surface area contributed by atoms with Crippen molar-refractivity contribution < 1.29 is 14.6 Å². The SMILES string of the molecule is N#C/C(=C1\OC(=O)C(c2ccc(Br)cc2)=C1O)c1ccc(Br)cc1. The molecule has 0 aliphatic carbocycles. The van der Waals surface area contributed by atoms with Gasteiger partial charge in [0, 0.05) is 8.95 Å². The smallest absolute Gasteiger partial charge is 0.348 e. The first-order valence-corrected chi connectivity index (χ1v) is 8.42. The third-order valence-corrected chi connectivity index (χ3v) is 4.51. The Balaban J connectivity index is 2.14. The van der Waals surface area contributed by atoms with Gasteiger partial charge in [0.1, 0.15) is 17.2 Å². The molecule has 1 heterocycles. The molecule has 0 saturated heterocycles. The van der Waals surface area contributed by atoms with Crippen LogP contribution in [0.4, 0.5) is 0 Å². The average Bonchev–Trinajstić information content (AvgIpc) is 2.86. The molecule has 1 N–H and O–H groups in total. The number of benzene rings is 2. The van der Waals surface area contributed by atoms with Gasteiger partial charge in [0.15, 0.2) is 11.5 Å². The quantitative estimate of drug-likeness (QED) is 0.522. The fourth-order valence-electron chi connectivity index (χ4n) is 2.31. The van der Waals surface area contributed by atoms with Crippen molar-refractivity contribution in [2.75, 3.05) is 0 Å². The molecule has 0 fully saturated rings. The number of hydrogen-bond acceptors (Lipinski definition) is 4. The standard InChI is InChI=1S/C18H9Br2NO3/c19-12-5-1-10(2-6-12)14(9-21)17-16(22)15(18(23)24-17)11-3-7-13(20)8-4-11/h1-8,22H/b17-14+. The van der Waals surface area contributed by atoms with Gasteiger partial charge < -0.3 is 9.84 Å². The van der Waals surface area contributed by atoms with Gasteiger partial charge in [-0.25, -0.2) is 4.79 Å². The summed E-state index contributed by atoms with van der Waals surface area (Å²) in [5, 5.41) is 19.9. The molecule has 6 heteroatoms. The molecule has 0 bridgehead atoms. The largest absolute Gasteiger partial charge is 0.504 e. The molecule has 0 unspecified atom stereocenters. The number of ether oxygens (including phenoxy) is 1. The van der Waals surface area contributed by atoms with Crippen molar-refractivity contribution in [3.63, 3.8) is 0 Å². The van der Waals surface area contributed by atoms with Crippen molar-refractivity contribution in [2.45, 2.75) is 0 Å². The topological polar surface area (TPSA) is 70.3 Å². The highest BCUT2D eigenvalue weighted by Crippen LogP contribution is 2.36. The van der Waals surface area contributed by atoms with Gasteiger partial charge in [-0.15, -0.1) is 0 Å². The number of halogens is 2. The molecule has 24 heavy (non-hydrogen) atoms. The van der Waals surface area contributed by atoms with Crippen LogP contribution in [0.5, 0.6) is 0 Å². The number of carbonyl (C=O) groups excluding carboxylic acids is 1. The maximum atomic E-state index is 12.2. The van der Waals surface area contributed by atoms with Gasteiger partial charge in [0.05, 0.1) is 0 Å². The summed E-state index contributed by atoms with van der Waals surface area (Å²) in [6.07, 6.45) is 0. The van der Waals surface area contributed by atoms with E-state index < -0.39 is 5.97 Å². The zero-order valence-corrected chi connectivity index (χ0v) is 15.3. The lowest BCUT2D eigenvalue weighted by atomic mass is 10.0. The fraction of sp³-hybridized carbons (Fsp3) is 0. The summed E-state index contributed by atoms with van der Waals surface area (Å²) in [5.74, 6) is -1.14. The summed E-state index contributed by atoms with van der Waals surface area (Å²) in [4.78, 5) is 12.2. The number of allylic oxidation sites excluding steroid dienone is 1. The molecule has 1 aliphatic heterocycles. The first-order chi connectivity index (χ1) is 11.5. The van der Waals surface area contributed by atoms with E-state index in [-0.39, 0.29) is 22.7 Å². The second-order valence-electron chi connectivity index (χ2n) is 4.94. The summed E-state index contributed by atoms with van der Waals surface area (Å²) in [6, 6.07) is 15.8. The molecule has 1 aliphatic rings. The van der Waals surface area contributed by atoms with Crippen molar-refractivity contribution in [2.24, 2.45) is 0 Å². The van der Waals surface area contributed by atoms with Crippen LogP contribution in [-0.4, -0.2) is 11.1 Å². The predicted octanol–water partition coefficient (Wildman–Crippen LogP) is 4.97. The third kappa shape index (κ3) is 3.01. The third-order valence-electron chi connectivity index (χ3n) is 3.46. The Labute approximate surface area is 154 Å². The number of carbonyl (C=O) groups is 1. The van der Waals surface area contributed by atoms with Crippen LogP contribution >= 0.6 is 31.9 Å². The zero-order chi connectivity index (χ0) is 17.3. The second-order valence-corrected chi connectivity index (χ2v) is 6.77. The number of nitriles is 1. The number of hydrogen-bond donors (Lipinski definition) is 1. The van der Waals surface area contributed by atoms with Crippen LogP contribution in [0.2, 0.25) is 0 Å². The van der Waals surface area contributed by atoms with Crippen molar-refractivity contribution >= 4 is 49.0 Å². The highest BCUT2D eigenvalue weighted by Gasteiger charge is 2.33. The van der Waals surface area contributed by atoms with E-state index in [1.807, 2.05) is 6.07 Å². The molecule has 118 valence electrons. The molecule has 4 nitrogen and oxygen atoms in total. The van der Waals surface area contributed by atoms with E-state index >= 15 is 0 Å². The van der Waals surface area contributed by atoms with Crippen molar-refractivity contribution in [1.29, 1.82) is 5.26 Å². The Hall–Kier alpha value is -2.36. The minimum atomic E-state index is -0.685. The van der Waals surface area contributed by atoms with E-state index in [1.54, 1.807) is 48.5 Å². The Bertz CT molecular complexity index is 920. The lowest BCUT2D eigenvalue weighted by Gasteiger charge is -2.04. The highest BCUT2D eigenvalue weighted by molar-refractivity contribution is 9.10. The summed E-state index contributed by atoms with van der Waals surface area (Å²) < 4.78 is 6.88. The summed E-state index contributed by atoms with van der Waals surface area (Å²) in [5.41, 5.74) is 1.21. The number of esters is 1. The van der Waals surface area contributed by atoms with Crippen LogP contribution in [0.3, 0.4) is 0 Å². The maximum Gasteiger partial charge on any atom is 0.348 e. The molecule has 0 atom stereocenters. The van der Waals surface area contributed by atoms with E-state index in [2.05, 4.69) is 31.9 Å². The van der Waals surface area contributed by atoms with Gasteiger partial charge in [-0.1, -0.05) is 56.1 Å². The van der Waals surface area contributed by atoms with E-state index in [0.717, 1.165) is 8.95 Å². The number of aliphatic hydroxyl groups excluding tert-OH is 1. The molecule has 0 amide bonds. The van der Waals surface area contributed by atoms with Crippen molar-refractivity contribution in [1.82, 2.24) is 0 Å². The first kappa shape index (κ1) is 16.5. The molecular weight excluding hydrogens is 438 g/mol. The van der Waals surface area contributed by atoms with E-state index in [0.29, 0.717) is 11.1 Å². The molecule has 0 spiro atoms. The maximum absolute atomic E-state index is 12.2. The average molecular weight is 447 g/mol. The predicted molar refractivity (Wildman–Crippen MR) is 96.5 cm³/mol. The van der Waals surface area contributed by atoms with Crippen LogP contribution in [0, 0.1) is 11.3 Å². The molecule has 3 rings (SSSR count). The van der Waals surface area contributed by atoms with Gasteiger partial charge in [0.25, 0.3) is 0 Å². The number of aliphatic hydroxyl groups is 1. The lowest BCUT2D eigenvalue weighted by molar-refractivity contribution is -0.131. The fourth-order valence-corrected chi connectivity index (χ4v) is 2.83. The number of nitrogens with zero attached hydrogens (tertiary/aromatic N) is 1. The summed E-state index contributed by atoms with van der Waals surface area (Å²) in [6.45, 7) is 0. The van der Waals surface area contributed by atoms with Gasteiger partial charge in [-0.2, -0.15) is 5.26 Å². The molecule has 2 aromatic rings. The van der Waals surface area contributed by atoms with E-state index in [9.17, 15) is 15.2 Å². The summed E-state index contributed by atoms with van der Waals surface area (Å²) in [7, 11) is 0. The van der Waals surface area contributed by atoms with Crippen LogP contribution in [0.15, 0.2) is 69.0 Å². The van der Waals surface area contributed by atoms with Crippen LogP contribution in [0.25, 0.3) is 11.1 Å². The molecule has 2 aromatic carbocycles. The zero-order valence-electron chi connectivity index (χ0n) is 12.1. The first-order valence-electron chi connectivity index (χ1n) is 6.83. The number of cyclic esters (lactones) is 1. The molecular formula is C18H9Br2NO3. The van der Waals surface area contributed by atoms with Gasteiger partial charge >= 0.3 is 5.97 Å². The highest BCUT2D eigenvalue weighted by atomic mass is 79.9. The Kier molecular flexibility index (Phi) is 4.56. The van der Waals surface area contributed by atoms with Gasteiger partial charge in [-0.05, 0) is 35.4 Å². The summed E-state index contributed by atoms with van der Waals surface area (Å²) >= 11 is 6.64. The van der Waals surface area contributed by atoms with Gasteiger partial charge in [-0.3, -0.25) is 0 Å². The minimum Gasteiger partial charge on any atom is -0.504 e. The van der Waals surface area contributed by atoms with Crippen LogP contribution < -0.4 is 0 Å². The van der Waals surface area contributed by atoms with E-state index in [4.69, 9.17) is 4.74 Å². The molecule has 0 radical (unpaired) electrons. The van der Waals surface area contributed by atoms with Crippen LogP contribution in [0.1, 0.15) is 11.1 Å². The number of rotatable bonds is 2. The Morgan fingerprint density at radius 2 is 1.54 bits per heavy atom. The lowest BCUT2D eigenvalue weighted by Crippen LogP contribution is -1.99. The van der Waals surface area contributed by atoms with Crippen LogP contribution in [-0.2, 0) is 9.53 Å². The normalized spacial score (nSPS) is 16.0. The monoisotopic (exact) mass is 445 g/mol. The van der Waals surface area contributed by atoms with E-state index in [1.165, 1.54) is 0 Å². The Morgan fingerprint density at radius 3 is 2.08 bits per heavy atom. The van der Waals surface area contributed by atoms with Crippen molar-refractivity contribution in [3.8, 4) is 6.07 Å². The molecule has 0 saturated carbocycles. The second kappa shape index (κ2) is 6.63. The molecule has 0 aromatic heterocycles. The minimum absolute atomic E-state index is 0.0439. The Morgan fingerprint density at radius 1 is 1.00 bits per heavy atom. The van der Waals surface area contributed by atoms with Crippen molar-refractivity contribution in [3.05, 3.63) is 80.1 Å². The van der Waals surface area contributed by atoms with Gasteiger partial charge in [0.2, 0.25) is 0 Å².